The standard InChI is InChI=1S/C19H18Cl2N2O2/c1-11-6-12(2)18(16(21)7-11)22-19(25)13-8-17(24)23(10-13)15-5-3-4-14(20)9-15/h3-7,9,13H,8,10H2,1-2H3,(H,22,25). The zero-order valence-electron chi connectivity index (χ0n) is 14.0. The van der Waals surface area contributed by atoms with E-state index < -0.39 is 5.92 Å². The molecule has 1 aliphatic rings. The van der Waals surface area contributed by atoms with Gasteiger partial charge >= 0.3 is 0 Å². The molecule has 1 fully saturated rings. The Bertz CT molecular complexity index is 828. The number of rotatable bonds is 3. The summed E-state index contributed by atoms with van der Waals surface area (Å²) in [6, 6.07) is 10.8. The molecule has 4 nitrogen and oxygen atoms in total. The van der Waals surface area contributed by atoms with Crippen LogP contribution in [0.3, 0.4) is 0 Å². The van der Waals surface area contributed by atoms with E-state index in [9.17, 15) is 9.59 Å². The van der Waals surface area contributed by atoms with Gasteiger partial charge in [-0.1, -0.05) is 35.3 Å². The lowest BCUT2D eigenvalue weighted by atomic mass is 10.1. The molecule has 3 rings (SSSR count). The predicted molar refractivity (Wildman–Crippen MR) is 101 cm³/mol. The van der Waals surface area contributed by atoms with E-state index in [-0.39, 0.29) is 18.2 Å². The Labute approximate surface area is 156 Å². The van der Waals surface area contributed by atoms with Gasteiger partial charge in [0, 0.05) is 23.7 Å². The zero-order chi connectivity index (χ0) is 18.1. The summed E-state index contributed by atoms with van der Waals surface area (Å²) < 4.78 is 0. The van der Waals surface area contributed by atoms with Gasteiger partial charge in [-0.15, -0.1) is 0 Å². The van der Waals surface area contributed by atoms with Crippen molar-refractivity contribution in [3.05, 3.63) is 57.6 Å². The molecule has 2 aromatic carbocycles. The van der Waals surface area contributed by atoms with E-state index in [4.69, 9.17) is 23.2 Å². The molecular weight excluding hydrogens is 359 g/mol. The molecule has 2 amide bonds. The highest BCUT2D eigenvalue weighted by Crippen LogP contribution is 2.31. The summed E-state index contributed by atoms with van der Waals surface area (Å²) in [7, 11) is 0. The fraction of sp³-hybridized carbons (Fsp3) is 0.263. The topological polar surface area (TPSA) is 49.4 Å². The van der Waals surface area contributed by atoms with E-state index in [1.54, 1.807) is 23.1 Å². The molecule has 0 aliphatic carbocycles. The number of aryl methyl sites for hydroxylation is 2. The van der Waals surface area contributed by atoms with Crippen LogP contribution in [-0.4, -0.2) is 18.4 Å². The summed E-state index contributed by atoms with van der Waals surface area (Å²) in [6.07, 6.45) is 0.168. The first-order valence-electron chi connectivity index (χ1n) is 7.98. The van der Waals surface area contributed by atoms with Crippen LogP contribution in [0.4, 0.5) is 11.4 Å². The largest absolute Gasteiger partial charge is 0.324 e. The molecule has 0 saturated carbocycles. The molecule has 1 aliphatic heterocycles. The SMILES string of the molecule is Cc1cc(C)c(NC(=O)C2CC(=O)N(c3cccc(Cl)c3)C2)c(Cl)c1. The van der Waals surface area contributed by atoms with Crippen molar-refractivity contribution in [1.82, 2.24) is 0 Å². The van der Waals surface area contributed by atoms with Gasteiger partial charge in [-0.2, -0.15) is 0 Å². The summed E-state index contributed by atoms with van der Waals surface area (Å²) in [5.41, 5.74) is 3.24. The van der Waals surface area contributed by atoms with Gasteiger partial charge in [0.15, 0.2) is 0 Å². The molecule has 1 saturated heterocycles. The van der Waals surface area contributed by atoms with Crippen molar-refractivity contribution < 1.29 is 9.59 Å². The van der Waals surface area contributed by atoms with E-state index >= 15 is 0 Å². The van der Waals surface area contributed by atoms with Gasteiger partial charge in [-0.3, -0.25) is 9.59 Å². The van der Waals surface area contributed by atoms with Gasteiger partial charge in [0.25, 0.3) is 0 Å². The summed E-state index contributed by atoms with van der Waals surface area (Å²) in [6.45, 7) is 4.17. The molecule has 1 heterocycles. The summed E-state index contributed by atoms with van der Waals surface area (Å²) in [4.78, 5) is 26.5. The fourth-order valence-corrected chi connectivity index (χ4v) is 3.63. The first kappa shape index (κ1) is 17.8. The van der Waals surface area contributed by atoms with E-state index in [0.717, 1.165) is 11.1 Å². The number of amides is 2. The third kappa shape index (κ3) is 3.80. The zero-order valence-corrected chi connectivity index (χ0v) is 15.5. The molecule has 1 atom stereocenters. The normalized spacial score (nSPS) is 17.0. The summed E-state index contributed by atoms with van der Waals surface area (Å²) >= 11 is 12.2. The van der Waals surface area contributed by atoms with Gasteiger partial charge in [0.05, 0.1) is 16.6 Å². The number of halogens is 2. The quantitative estimate of drug-likeness (QED) is 0.850. The molecular formula is C19H18Cl2N2O2. The molecule has 0 aromatic heterocycles. The van der Waals surface area contributed by atoms with Gasteiger partial charge in [0.1, 0.15) is 0 Å². The second kappa shape index (κ2) is 7.06. The lowest BCUT2D eigenvalue weighted by molar-refractivity contribution is -0.122. The van der Waals surface area contributed by atoms with Gasteiger partial charge in [-0.05, 0) is 49.2 Å². The minimum Gasteiger partial charge on any atom is -0.324 e. The number of nitrogens with one attached hydrogen (secondary N) is 1. The fourth-order valence-electron chi connectivity index (χ4n) is 3.08. The van der Waals surface area contributed by atoms with Crippen molar-refractivity contribution >= 4 is 46.4 Å². The number of anilines is 2. The molecule has 0 spiro atoms. The van der Waals surface area contributed by atoms with Crippen molar-refractivity contribution in [2.45, 2.75) is 20.3 Å². The van der Waals surface area contributed by atoms with Crippen LogP contribution >= 0.6 is 23.2 Å². The van der Waals surface area contributed by atoms with E-state index in [2.05, 4.69) is 5.32 Å². The molecule has 130 valence electrons. The predicted octanol–water partition coefficient (Wildman–Crippen LogP) is 4.60. The highest BCUT2D eigenvalue weighted by Gasteiger charge is 2.35. The van der Waals surface area contributed by atoms with Gasteiger partial charge < -0.3 is 10.2 Å². The van der Waals surface area contributed by atoms with Crippen LogP contribution in [0.15, 0.2) is 36.4 Å². The Hall–Kier alpha value is -2.04. The monoisotopic (exact) mass is 376 g/mol. The van der Waals surface area contributed by atoms with Crippen LogP contribution in [0.25, 0.3) is 0 Å². The molecule has 6 heteroatoms. The Balaban J connectivity index is 1.75. The van der Waals surface area contributed by atoms with Crippen molar-refractivity contribution in [3.8, 4) is 0 Å². The second-order valence-corrected chi connectivity index (χ2v) is 7.16. The lowest BCUT2D eigenvalue weighted by Gasteiger charge is -2.17. The first-order chi connectivity index (χ1) is 11.8. The Kier molecular flexibility index (Phi) is 5.02. The molecule has 1 N–H and O–H groups in total. The van der Waals surface area contributed by atoms with E-state index in [1.165, 1.54) is 0 Å². The van der Waals surface area contributed by atoms with E-state index in [0.29, 0.717) is 28.0 Å². The second-order valence-electron chi connectivity index (χ2n) is 6.31. The van der Waals surface area contributed by atoms with Crippen molar-refractivity contribution in [2.75, 3.05) is 16.8 Å². The van der Waals surface area contributed by atoms with Crippen LogP contribution in [-0.2, 0) is 9.59 Å². The summed E-state index contributed by atoms with van der Waals surface area (Å²) in [5, 5.41) is 3.93. The van der Waals surface area contributed by atoms with Crippen LogP contribution in [0.5, 0.6) is 0 Å². The molecule has 0 bridgehead atoms. The number of nitrogens with zero attached hydrogens (tertiary/aromatic N) is 1. The lowest BCUT2D eigenvalue weighted by Crippen LogP contribution is -2.28. The third-order valence-electron chi connectivity index (χ3n) is 4.30. The number of hydrogen-bond donors (Lipinski definition) is 1. The minimum absolute atomic E-state index is 0.0888. The van der Waals surface area contributed by atoms with Crippen LogP contribution in [0.2, 0.25) is 10.0 Å². The Morgan fingerprint density at radius 2 is 1.96 bits per heavy atom. The number of carbonyl (C=O) groups is 2. The Morgan fingerprint density at radius 1 is 1.20 bits per heavy atom. The Morgan fingerprint density at radius 3 is 2.64 bits per heavy atom. The van der Waals surface area contributed by atoms with Crippen LogP contribution < -0.4 is 10.2 Å². The molecule has 0 radical (unpaired) electrons. The first-order valence-corrected chi connectivity index (χ1v) is 8.74. The molecule has 1 unspecified atom stereocenters. The average Bonchev–Trinajstić information content (AvgIpc) is 2.92. The maximum absolute atomic E-state index is 12.6. The number of hydrogen-bond acceptors (Lipinski definition) is 2. The van der Waals surface area contributed by atoms with Crippen LogP contribution in [0, 0.1) is 19.8 Å². The van der Waals surface area contributed by atoms with Gasteiger partial charge in [-0.25, -0.2) is 0 Å². The summed E-state index contributed by atoms with van der Waals surface area (Å²) in [5.74, 6) is -0.718. The molecule has 25 heavy (non-hydrogen) atoms. The minimum atomic E-state index is -0.428. The smallest absolute Gasteiger partial charge is 0.229 e. The number of benzene rings is 2. The van der Waals surface area contributed by atoms with Gasteiger partial charge in [0.2, 0.25) is 11.8 Å². The third-order valence-corrected chi connectivity index (χ3v) is 4.83. The highest BCUT2D eigenvalue weighted by molar-refractivity contribution is 6.34. The van der Waals surface area contributed by atoms with Crippen molar-refractivity contribution in [3.63, 3.8) is 0 Å². The average molecular weight is 377 g/mol. The number of carbonyl (C=O) groups excluding carboxylic acids is 2. The highest BCUT2D eigenvalue weighted by atomic mass is 35.5. The molecule has 2 aromatic rings. The maximum Gasteiger partial charge on any atom is 0.229 e. The van der Waals surface area contributed by atoms with Crippen LogP contribution in [0.1, 0.15) is 17.5 Å². The van der Waals surface area contributed by atoms with Crippen molar-refractivity contribution in [2.24, 2.45) is 5.92 Å². The van der Waals surface area contributed by atoms with E-state index in [1.807, 2.05) is 32.0 Å². The maximum atomic E-state index is 12.6. The van der Waals surface area contributed by atoms with Crippen molar-refractivity contribution in [1.29, 1.82) is 0 Å².